The lowest BCUT2D eigenvalue weighted by atomic mass is 10.0. The molecule has 0 spiro atoms. The topological polar surface area (TPSA) is 92.3 Å². The number of para-hydroxylation sites is 1. The van der Waals surface area contributed by atoms with E-state index in [-0.39, 0.29) is 16.8 Å². The highest BCUT2D eigenvalue weighted by molar-refractivity contribution is 7.89. The number of anilines is 1. The van der Waals surface area contributed by atoms with Crippen LogP contribution in [0.4, 0.5) is 5.69 Å². The highest BCUT2D eigenvalue weighted by Crippen LogP contribution is 2.32. The molecule has 156 valence electrons. The van der Waals surface area contributed by atoms with Crippen molar-refractivity contribution in [3.05, 3.63) is 70.2 Å². The van der Waals surface area contributed by atoms with Crippen molar-refractivity contribution in [1.82, 2.24) is 14.5 Å². The summed E-state index contributed by atoms with van der Waals surface area (Å²) in [5.41, 5.74) is 1.42. The number of aromatic nitrogens is 2. The zero-order valence-corrected chi connectivity index (χ0v) is 18.1. The number of benzene rings is 2. The van der Waals surface area contributed by atoms with Gasteiger partial charge in [0.05, 0.1) is 4.90 Å². The molecule has 3 aromatic rings. The van der Waals surface area contributed by atoms with Crippen molar-refractivity contribution < 1.29 is 13.2 Å². The monoisotopic (exact) mass is 442 g/mol. The molecule has 0 aliphatic carbocycles. The van der Waals surface area contributed by atoms with Gasteiger partial charge in [-0.05, 0) is 43.5 Å². The molecule has 1 N–H and O–H groups in total. The first kappa shape index (κ1) is 20.6. The molecular formula is C21H22N4O3S2. The van der Waals surface area contributed by atoms with Gasteiger partial charge in [0.2, 0.25) is 15.0 Å². The van der Waals surface area contributed by atoms with Crippen molar-refractivity contribution in [2.45, 2.75) is 30.6 Å². The number of nitrogens with zero attached hydrogens (tertiary/aromatic N) is 3. The van der Waals surface area contributed by atoms with Crippen LogP contribution < -0.4 is 5.32 Å². The third kappa shape index (κ3) is 4.28. The van der Waals surface area contributed by atoms with Crippen LogP contribution in [-0.4, -0.2) is 41.9 Å². The van der Waals surface area contributed by atoms with E-state index < -0.39 is 10.0 Å². The van der Waals surface area contributed by atoms with E-state index in [0.29, 0.717) is 28.7 Å². The number of hydrogen-bond acceptors (Lipinski definition) is 6. The molecule has 7 nitrogen and oxygen atoms in total. The number of sulfonamides is 1. The van der Waals surface area contributed by atoms with Crippen molar-refractivity contribution in [2.75, 3.05) is 18.4 Å². The predicted molar refractivity (Wildman–Crippen MR) is 116 cm³/mol. The van der Waals surface area contributed by atoms with E-state index in [4.69, 9.17) is 0 Å². The third-order valence-corrected chi connectivity index (χ3v) is 8.22. The first-order valence-corrected chi connectivity index (χ1v) is 12.0. The molecule has 2 heterocycles. The van der Waals surface area contributed by atoms with Crippen LogP contribution in [0.15, 0.2) is 59.5 Å². The number of amides is 1. The van der Waals surface area contributed by atoms with E-state index in [1.165, 1.54) is 15.6 Å². The fourth-order valence-electron chi connectivity index (χ4n) is 3.54. The Morgan fingerprint density at radius 1 is 1.10 bits per heavy atom. The van der Waals surface area contributed by atoms with Gasteiger partial charge < -0.3 is 5.32 Å². The average Bonchev–Trinajstić information content (AvgIpc) is 3.25. The molecule has 1 aliphatic rings. The summed E-state index contributed by atoms with van der Waals surface area (Å²) in [5.74, 6) is -0.390. The Morgan fingerprint density at radius 3 is 2.60 bits per heavy atom. The molecule has 1 saturated heterocycles. The molecule has 0 saturated carbocycles. The number of carbonyl (C=O) groups is 1. The average molecular weight is 443 g/mol. The van der Waals surface area contributed by atoms with Crippen LogP contribution in [0.2, 0.25) is 0 Å². The van der Waals surface area contributed by atoms with E-state index >= 15 is 0 Å². The van der Waals surface area contributed by atoms with Gasteiger partial charge in [-0.1, -0.05) is 47.7 Å². The van der Waals surface area contributed by atoms with Crippen LogP contribution in [0.5, 0.6) is 0 Å². The lowest BCUT2D eigenvalue weighted by molar-refractivity contribution is 0.102. The van der Waals surface area contributed by atoms with E-state index in [1.807, 2.05) is 24.3 Å². The maximum absolute atomic E-state index is 13.1. The summed E-state index contributed by atoms with van der Waals surface area (Å²) in [5, 5.41) is 12.0. The molecule has 0 bridgehead atoms. The van der Waals surface area contributed by atoms with Crippen molar-refractivity contribution in [3.8, 4) is 0 Å². The molecule has 4 rings (SSSR count). The van der Waals surface area contributed by atoms with Crippen molar-refractivity contribution >= 4 is 33.0 Å². The minimum Gasteiger partial charge on any atom is -0.320 e. The summed E-state index contributed by atoms with van der Waals surface area (Å²) in [7, 11) is -3.57. The molecule has 1 atom stereocenters. The second kappa shape index (κ2) is 8.63. The second-order valence-electron chi connectivity index (χ2n) is 7.23. The Bertz CT molecular complexity index is 1150. The molecular weight excluding hydrogens is 420 g/mol. The SMILES string of the molecule is Cc1ccccc1S(=O)(=O)N1CCC[C@@H](c2nnc(C(=O)Nc3ccccc3)s2)C1. The van der Waals surface area contributed by atoms with Crippen LogP contribution in [0.1, 0.15) is 39.1 Å². The van der Waals surface area contributed by atoms with Crippen LogP contribution in [0.25, 0.3) is 0 Å². The van der Waals surface area contributed by atoms with Gasteiger partial charge in [-0.3, -0.25) is 4.79 Å². The van der Waals surface area contributed by atoms with Gasteiger partial charge in [-0.2, -0.15) is 4.31 Å². The molecule has 1 aromatic heterocycles. The second-order valence-corrected chi connectivity index (χ2v) is 10.1. The number of rotatable bonds is 5. The Labute approximate surface area is 179 Å². The van der Waals surface area contributed by atoms with Gasteiger partial charge >= 0.3 is 0 Å². The van der Waals surface area contributed by atoms with Gasteiger partial charge in [0.15, 0.2) is 0 Å². The summed E-state index contributed by atoms with van der Waals surface area (Å²) in [6.45, 7) is 2.62. The fourth-order valence-corrected chi connectivity index (χ4v) is 6.16. The smallest absolute Gasteiger partial charge is 0.286 e. The molecule has 0 unspecified atom stereocenters. The number of hydrogen-bond donors (Lipinski definition) is 1. The number of nitrogens with one attached hydrogen (secondary N) is 1. The van der Waals surface area contributed by atoms with E-state index in [2.05, 4.69) is 15.5 Å². The maximum atomic E-state index is 13.1. The molecule has 2 aromatic carbocycles. The number of carbonyl (C=O) groups excluding carboxylic acids is 1. The van der Waals surface area contributed by atoms with Crippen LogP contribution >= 0.6 is 11.3 Å². The molecule has 0 radical (unpaired) electrons. The van der Waals surface area contributed by atoms with Gasteiger partial charge in [0, 0.05) is 24.7 Å². The maximum Gasteiger partial charge on any atom is 0.286 e. The lowest BCUT2D eigenvalue weighted by Crippen LogP contribution is -2.39. The highest BCUT2D eigenvalue weighted by atomic mass is 32.2. The third-order valence-electron chi connectivity index (χ3n) is 5.11. The normalized spacial score (nSPS) is 17.6. The standard InChI is InChI=1S/C21H22N4O3S2/c1-15-8-5-6-12-18(15)30(27,28)25-13-7-9-16(14-25)20-23-24-21(29-20)19(26)22-17-10-3-2-4-11-17/h2-6,8,10-12,16H,7,9,13-14H2,1H3,(H,22,26)/t16-/m1/s1. The van der Waals surface area contributed by atoms with Gasteiger partial charge in [0.1, 0.15) is 5.01 Å². The summed E-state index contributed by atoms with van der Waals surface area (Å²) in [4.78, 5) is 12.8. The van der Waals surface area contributed by atoms with Gasteiger partial charge in [0.25, 0.3) is 5.91 Å². The van der Waals surface area contributed by atoms with E-state index in [0.717, 1.165) is 18.4 Å². The quantitative estimate of drug-likeness (QED) is 0.651. The minimum absolute atomic E-state index is 0.0756. The van der Waals surface area contributed by atoms with Crippen LogP contribution in [0, 0.1) is 6.92 Å². The van der Waals surface area contributed by atoms with Crippen LogP contribution in [0.3, 0.4) is 0 Å². The molecule has 1 fully saturated rings. The Balaban J connectivity index is 1.49. The summed E-state index contributed by atoms with van der Waals surface area (Å²) < 4.78 is 27.8. The predicted octanol–water partition coefficient (Wildman–Crippen LogP) is 3.67. The Kier molecular flexibility index (Phi) is 5.94. The van der Waals surface area contributed by atoms with Gasteiger partial charge in [-0.25, -0.2) is 8.42 Å². The van der Waals surface area contributed by atoms with Crippen molar-refractivity contribution in [2.24, 2.45) is 0 Å². The van der Waals surface area contributed by atoms with E-state index in [9.17, 15) is 13.2 Å². The zero-order valence-electron chi connectivity index (χ0n) is 16.5. The summed E-state index contributed by atoms with van der Waals surface area (Å²) >= 11 is 1.22. The minimum atomic E-state index is -3.57. The Morgan fingerprint density at radius 2 is 1.83 bits per heavy atom. The Hall–Kier alpha value is -2.62. The van der Waals surface area contributed by atoms with E-state index in [1.54, 1.807) is 37.3 Å². The largest absolute Gasteiger partial charge is 0.320 e. The summed E-state index contributed by atoms with van der Waals surface area (Å²) in [6.07, 6.45) is 1.55. The first-order valence-electron chi connectivity index (χ1n) is 9.71. The summed E-state index contributed by atoms with van der Waals surface area (Å²) in [6, 6.07) is 16.2. The molecule has 30 heavy (non-hydrogen) atoms. The number of aryl methyl sites for hydroxylation is 1. The molecule has 1 amide bonds. The number of piperidine rings is 1. The molecule has 1 aliphatic heterocycles. The van der Waals surface area contributed by atoms with Crippen molar-refractivity contribution in [1.29, 1.82) is 0 Å². The van der Waals surface area contributed by atoms with Gasteiger partial charge in [-0.15, -0.1) is 10.2 Å². The zero-order chi connectivity index (χ0) is 21.1. The highest BCUT2D eigenvalue weighted by Gasteiger charge is 2.33. The first-order chi connectivity index (χ1) is 14.4. The van der Waals surface area contributed by atoms with Crippen LogP contribution in [-0.2, 0) is 10.0 Å². The fraction of sp³-hybridized carbons (Fsp3) is 0.286. The van der Waals surface area contributed by atoms with Crippen molar-refractivity contribution in [3.63, 3.8) is 0 Å². The lowest BCUT2D eigenvalue weighted by Gasteiger charge is -2.31. The molecule has 9 heteroatoms.